The van der Waals surface area contributed by atoms with Crippen LogP contribution < -0.4 is 14.2 Å². The van der Waals surface area contributed by atoms with Crippen molar-refractivity contribution in [3.8, 4) is 11.5 Å². The van der Waals surface area contributed by atoms with Gasteiger partial charge in [-0.15, -0.1) is 0 Å². The van der Waals surface area contributed by atoms with Crippen molar-refractivity contribution in [1.29, 1.82) is 0 Å². The van der Waals surface area contributed by atoms with Gasteiger partial charge in [0, 0.05) is 13.5 Å². The highest BCUT2D eigenvalue weighted by atomic mass is 32.2. The molecule has 3 rings (SSSR count). The van der Waals surface area contributed by atoms with Crippen LogP contribution in [-0.2, 0) is 21.2 Å². The molecule has 2 aromatic carbocycles. The van der Waals surface area contributed by atoms with Crippen LogP contribution in [0, 0.1) is 6.92 Å². The Bertz CT molecular complexity index is 864. The summed E-state index contributed by atoms with van der Waals surface area (Å²) in [6.45, 7) is 3.36. The monoisotopic (exact) mass is 363 g/mol. The van der Waals surface area contributed by atoms with E-state index in [0.717, 1.165) is 23.3 Å². The van der Waals surface area contributed by atoms with Crippen LogP contribution in [-0.4, -0.2) is 35.3 Å². The van der Waals surface area contributed by atoms with Gasteiger partial charge in [-0.25, -0.2) is 8.42 Å². The molecule has 0 atom stereocenters. The van der Waals surface area contributed by atoms with E-state index in [9.17, 15) is 8.42 Å². The highest BCUT2D eigenvalue weighted by Gasteiger charge is 2.20. The van der Waals surface area contributed by atoms with Crippen molar-refractivity contribution >= 4 is 15.7 Å². The number of ether oxygens (including phenoxy) is 3. The molecule has 2 aromatic rings. The first-order valence-corrected chi connectivity index (χ1v) is 9.49. The molecule has 1 heterocycles. The van der Waals surface area contributed by atoms with Crippen molar-refractivity contribution in [3.63, 3.8) is 0 Å². The number of anilines is 1. The molecule has 0 spiro atoms. The Kier molecular flexibility index (Phi) is 5.15. The third kappa shape index (κ3) is 4.05. The second-order valence-corrected chi connectivity index (χ2v) is 7.47. The number of nitrogens with one attached hydrogen (secondary N) is 1. The number of methoxy groups -OCH3 is 1. The van der Waals surface area contributed by atoms with Gasteiger partial charge < -0.3 is 14.2 Å². The predicted octanol–water partition coefficient (Wildman–Crippen LogP) is 2.76. The number of rotatable bonds is 7. The quantitative estimate of drug-likeness (QED) is 0.766. The Hall–Kier alpha value is -2.25. The molecule has 0 radical (unpaired) electrons. The normalized spacial score (nSPS) is 13.2. The van der Waals surface area contributed by atoms with E-state index in [-0.39, 0.29) is 4.90 Å². The second kappa shape index (κ2) is 7.33. The van der Waals surface area contributed by atoms with Crippen molar-refractivity contribution in [2.45, 2.75) is 18.2 Å². The summed E-state index contributed by atoms with van der Waals surface area (Å²) in [7, 11) is -2.05. The van der Waals surface area contributed by atoms with Gasteiger partial charge in [0.2, 0.25) is 0 Å². The summed E-state index contributed by atoms with van der Waals surface area (Å²) in [6.07, 6.45) is 0.727. The number of aryl methyl sites for hydroxylation is 1. The molecular formula is C18H21NO5S. The van der Waals surface area contributed by atoms with Crippen LogP contribution in [0.3, 0.4) is 0 Å². The van der Waals surface area contributed by atoms with Crippen LogP contribution >= 0.6 is 0 Å². The maximum Gasteiger partial charge on any atom is 0.261 e. The summed E-state index contributed by atoms with van der Waals surface area (Å²) in [5.74, 6) is 1.43. The van der Waals surface area contributed by atoms with Crippen molar-refractivity contribution < 1.29 is 22.6 Å². The number of fused-ring (bicyclic) bond motifs is 1. The van der Waals surface area contributed by atoms with Crippen LogP contribution in [0.1, 0.15) is 11.1 Å². The van der Waals surface area contributed by atoms with E-state index in [1.54, 1.807) is 43.5 Å². The standard InChI is InChI=1S/C18H21NO5S/c1-13-11-15(23-10-9-22-2)3-5-17(13)19-25(20,21)16-4-6-18-14(12-16)7-8-24-18/h3-6,11-12,19H,7-10H2,1-2H3. The molecule has 7 heteroatoms. The molecule has 0 saturated heterocycles. The van der Waals surface area contributed by atoms with Gasteiger partial charge in [0.1, 0.15) is 18.1 Å². The Balaban J connectivity index is 1.76. The molecule has 134 valence electrons. The molecule has 0 aromatic heterocycles. The number of hydrogen-bond donors (Lipinski definition) is 1. The molecule has 0 saturated carbocycles. The van der Waals surface area contributed by atoms with Gasteiger partial charge >= 0.3 is 0 Å². The summed E-state index contributed by atoms with van der Waals surface area (Å²) < 4.78 is 43.8. The fourth-order valence-electron chi connectivity index (χ4n) is 2.62. The van der Waals surface area contributed by atoms with E-state index < -0.39 is 10.0 Å². The molecule has 1 aliphatic rings. The van der Waals surface area contributed by atoms with Crippen LogP contribution in [0.2, 0.25) is 0 Å². The van der Waals surface area contributed by atoms with Gasteiger partial charge in [0.05, 0.1) is 23.8 Å². The summed E-state index contributed by atoms with van der Waals surface area (Å²) in [5, 5.41) is 0. The molecule has 0 fully saturated rings. The van der Waals surface area contributed by atoms with Crippen LogP contribution in [0.15, 0.2) is 41.3 Å². The van der Waals surface area contributed by atoms with Crippen molar-refractivity contribution in [3.05, 3.63) is 47.5 Å². The summed E-state index contributed by atoms with van der Waals surface area (Å²) in [4.78, 5) is 0.233. The second-order valence-electron chi connectivity index (χ2n) is 5.79. The summed E-state index contributed by atoms with van der Waals surface area (Å²) in [6, 6.07) is 10.2. The molecule has 25 heavy (non-hydrogen) atoms. The average molecular weight is 363 g/mol. The van der Waals surface area contributed by atoms with Crippen molar-refractivity contribution in [2.24, 2.45) is 0 Å². The lowest BCUT2D eigenvalue weighted by Gasteiger charge is -2.13. The maximum atomic E-state index is 12.6. The van der Waals surface area contributed by atoms with Gasteiger partial charge in [0.25, 0.3) is 10.0 Å². The summed E-state index contributed by atoms with van der Waals surface area (Å²) >= 11 is 0. The first kappa shape index (κ1) is 17.6. The minimum atomic E-state index is -3.66. The minimum absolute atomic E-state index is 0.233. The van der Waals surface area contributed by atoms with Gasteiger partial charge in [-0.1, -0.05) is 0 Å². The van der Waals surface area contributed by atoms with Gasteiger partial charge in [-0.3, -0.25) is 4.72 Å². The number of benzene rings is 2. The van der Waals surface area contributed by atoms with E-state index >= 15 is 0 Å². The Morgan fingerprint density at radius 3 is 2.76 bits per heavy atom. The van der Waals surface area contributed by atoms with Gasteiger partial charge in [0.15, 0.2) is 0 Å². The molecular weight excluding hydrogens is 342 g/mol. The largest absolute Gasteiger partial charge is 0.493 e. The molecule has 0 unspecified atom stereocenters. The average Bonchev–Trinajstić information content (AvgIpc) is 3.05. The van der Waals surface area contributed by atoms with Gasteiger partial charge in [-0.2, -0.15) is 0 Å². The van der Waals surface area contributed by atoms with Crippen molar-refractivity contribution in [1.82, 2.24) is 0 Å². The Labute approximate surface area is 147 Å². The zero-order chi connectivity index (χ0) is 17.9. The predicted molar refractivity (Wildman–Crippen MR) is 95.0 cm³/mol. The van der Waals surface area contributed by atoms with E-state index in [1.165, 1.54) is 0 Å². The van der Waals surface area contributed by atoms with Crippen molar-refractivity contribution in [2.75, 3.05) is 31.7 Å². The minimum Gasteiger partial charge on any atom is -0.493 e. The molecule has 1 N–H and O–H groups in total. The lowest BCUT2D eigenvalue weighted by molar-refractivity contribution is 0.146. The third-order valence-electron chi connectivity index (χ3n) is 3.97. The van der Waals surface area contributed by atoms with Crippen LogP contribution in [0.25, 0.3) is 0 Å². The molecule has 6 nitrogen and oxygen atoms in total. The zero-order valence-corrected chi connectivity index (χ0v) is 15.1. The van der Waals surface area contributed by atoms with Crippen LogP contribution in [0.5, 0.6) is 11.5 Å². The van der Waals surface area contributed by atoms with Gasteiger partial charge in [-0.05, 0) is 54.4 Å². The highest BCUT2D eigenvalue weighted by Crippen LogP contribution is 2.29. The smallest absolute Gasteiger partial charge is 0.261 e. The van der Waals surface area contributed by atoms with E-state index in [2.05, 4.69) is 4.72 Å². The Morgan fingerprint density at radius 1 is 1.16 bits per heavy atom. The first-order valence-electron chi connectivity index (χ1n) is 8.00. The fraction of sp³-hybridized carbons (Fsp3) is 0.333. The Morgan fingerprint density at radius 2 is 2.00 bits per heavy atom. The van der Waals surface area contributed by atoms with Crippen LogP contribution in [0.4, 0.5) is 5.69 Å². The first-order chi connectivity index (χ1) is 12.0. The molecule has 1 aliphatic heterocycles. The molecule has 0 bridgehead atoms. The zero-order valence-electron chi connectivity index (χ0n) is 14.2. The summed E-state index contributed by atoms with van der Waals surface area (Å²) in [5.41, 5.74) is 2.22. The SMILES string of the molecule is COCCOc1ccc(NS(=O)(=O)c2ccc3c(c2)CCO3)c(C)c1. The number of sulfonamides is 1. The lowest BCUT2D eigenvalue weighted by Crippen LogP contribution is -2.14. The van der Waals surface area contributed by atoms with E-state index in [0.29, 0.717) is 31.3 Å². The topological polar surface area (TPSA) is 73.9 Å². The fourth-order valence-corrected chi connectivity index (χ4v) is 3.80. The molecule has 0 aliphatic carbocycles. The highest BCUT2D eigenvalue weighted by molar-refractivity contribution is 7.92. The van der Waals surface area contributed by atoms with E-state index in [4.69, 9.17) is 14.2 Å². The number of hydrogen-bond acceptors (Lipinski definition) is 5. The lowest BCUT2D eigenvalue weighted by atomic mass is 10.2. The van der Waals surface area contributed by atoms with E-state index in [1.807, 2.05) is 6.92 Å². The maximum absolute atomic E-state index is 12.6. The molecule has 0 amide bonds. The third-order valence-corrected chi connectivity index (χ3v) is 5.33.